The van der Waals surface area contributed by atoms with Crippen LogP contribution in [0.15, 0.2) is 22.7 Å². The number of halogens is 1. The molecular weight excluding hydrogens is 350 g/mol. The monoisotopic (exact) mass is 365 g/mol. The quantitative estimate of drug-likeness (QED) is 0.568. The van der Waals surface area contributed by atoms with E-state index in [4.69, 9.17) is 0 Å². The second kappa shape index (κ2) is 7.00. The summed E-state index contributed by atoms with van der Waals surface area (Å²) in [4.78, 5) is 10.0. The molecule has 9 heteroatoms. The van der Waals surface area contributed by atoms with Gasteiger partial charge in [0.1, 0.15) is 0 Å². The van der Waals surface area contributed by atoms with E-state index in [0.29, 0.717) is 11.0 Å². The van der Waals surface area contributed by atoms with Gasteiger partial charge >= 0.3 is 0 Å². The van der Waals surface area contributed by atoms with E-state index in [0.717, 1.165) is 0 Å². The molecule has 0 aliphatic heterocycles. The van der Waals surface area contributed by atoms with E-state index in [-0.39, 0.29) is 23.2 Å². The molecule has 0 saturated carbocycles. The van der Waals surface area contributed by atoms with Crippen LogP contribution in [0.2, 0.25) is 0 Å². The molecule has 7 nitrogen and oxygen atoms in total. The van der Waals surface area contributed by atoms with Gasteiger partial charge in [0.05, 0.1) is 16.4 Å². The van der Waals surface area contributed by atoms with Gasteiger partial charge in [-0.25, -0.2) is 8.42 Å². The molecule has 20 heavy (non-hydrogen) atoms. The summed E-state index contributed by atoms with van der Waals surface area (Å²) in [7, 11) is -3.50. The van der Waals surface area contributed by atoms with E-state index in [2.05, 4.69) is 26.0 Å². The molecule has 0 aliphatic carbocycles. The molecule has 1 aromatic carbocycles. The van der Waals surface area contributed by atoms with Crippen LogP contribution in [0.25, 0.3) is 0 Å². The Kier molecular flexibility index (Phi) is 5.90. The molecule has 2 N–H and O–H groups in total. The number of hydrogen-bond acceptors (Lipinski definition) is 5. The van der Waals surface area contributed by atoms with Crippen LogP contribution in [0.1, 0.15) is 13.8 Å². The molecule has 0 unspecified atom stereocenters. The Bertz CT molecular complexity index is 589. The molecule has 0 amide bonds. The number of hydrogen-bond donors (Lipinski definition) is 2. The van der Waals surface area contributed by atoms with Crippen LogP contribution in [-0.2, 0) is 10.0 Å². The van der Waals surface area contributed by atoms with Crippen LogP contribution < -0.4 is 10.0 Å². The van der Waals surface area contributed by atoms with Crippen molar-refractivity contribution in [3.05, 3.63) is 32.8 Å². The fraction of sp³-hybridized carbons (Fsp3) is 0.455. The predicted molar refractivity (Wildman–Crippen MR) is 81.3 cm³/mol. The number of rotatable bonds is 7. The Morgan fingerprint density at radius 2 is 2.05 bits per heavy atom. The third-order valence-electron chi connectivity index (χ3n) is 2.35. The lowest BCUT2D eigenvalue weighted by molar-refractivity contribution is -0.384. The first kappa shape index (κ1) is 16.9. The van der Waals surface area contributed by atoms with Gasteiger partial charge in [0.15, 0.2) is 0 Å². The maximum absolute atomic E-state index is 11.8. The van der Waals surface area contributed by atoms with Gasteiger partial charge in [-0.05, 0) is 22.0 Å². The minimum atomic E-state index is -3.50. The number of nitrogens with one attached hydrogen (secondary N) is 2. The SMILES string of the molecule is CC(C)NCCS(=O)(=O)Nc1ccc([N+](=O)[O-])cc1Br. The highest BCUT2D eigenvalue weighted by Gasteiger charge is 2.15. The molecule has 0 saturated heterocycles. The topological polar surface area (TPSA) is 101 Å². The van der Waals surface area contributed by atoms with Gasteiger partial charge in [-0.1, -0.05) is 13.8 Å². The number of non-ortho nitro benzene ring substituents is 1. The van der Waals surface area contributed by atoms with Gasteiger partial charge in [-0.2, -0.15) is 0 Å². The van der Waals surface area contributed by atoms with Crippen LogP contribution in [-0.4, -0.2) is 31.7 Å². The lowest BCUT2D eigenvalue weighted by Crippen LogP contribution is -2.31. The van der Waals surface area contributed by atoms with Crippen molar-refractivity contribution >= 4 is 37.3 Å². The molecule has 1 rings (SSSR count). The fourth-order valence-electron chi connectivity index (χ4n) is 1.40. The maximum Gasteiger partial charge on any atom is 0.270 e. The summed E-state index contributed by atoms with van der Waals surface area (Å²) in [5.74, 6) is -0.0748. The van der Waals surface area contributed by atoms with Crippen LogP contribution >= 0.6 is 15.9 Å². The highest BCUT2D eigenvalue weighted by atomic mass is 79.9. The van der Waals surface area contributed by atoms with Crippen LogP contribution in [0.5, 0.6) is 0 Å². The summed E-state index contributed by atoms with van der Waals surface area (Å²) in [5, 5.41) is 13.6. The Morgan fingerprint density at radius 1 is 1.40 bits per heavy atom. The summed E-state index contributed by atoms with van der Waals surface area (Å²) in [6.07, 6.45) is 0. The van der Waals surface area contributed by atoms with Gasteiger partial charge in [-0.15, -0.1) is 0 Å². The van der Waals surface area contributed by atoms with E-state index in [9.17, 15) is 18.5 Å². The lowest BCUT2D eigenvalue weighted by Gasteiger charge is -2.11. The number of nitro groups is 1. The van der Waals surface area contributed by atoms with Crippen molar-refractivity contribution < 1.29 is 13.3 Å². The fourth-order valence-corrected chi connectivity index (χ4v) is 3.00. The van der Waals surface area contributed by atoms with Crippen molar-refractivity contribution in [1.82, 2.24) is 5.32 Å². The lowest BCUT2D eigenvalue weighted by atomic mass is 10.3. The Morgan fingerprint density at radius 3 is 2.55 bits per heavy atom. The molecule has 0 radical (unpaired) electrons. The average molecular weight is 366 g/mol. The molecule has 0 heterocycles. The number of nitro benzene ring substituents is 1. The van der Waals surface area contributed by atoms with Crippen molar-refractivity contribution in [2.24, 2.45) is 0 Å². The third-order valence-corrected chi connectivity index (χ3v) is 4.28. The van der Waals surface area contributed by atoms with Gasteiger partial charge in [0, 0.05) is 29.2 Å². The number of anilines is 1. The van der Waals surface area contributed by atoms with E-state index < -0.39 is 14.9 Å². The van der Waals surface area contributed by atoms with Crippen LogP contribution in [0.3, 0.4) is 0 Å². The van der Waals surface area contributed by atoms with Gasteiger partial charge in [0.2, 0.25) is 10.0 Å². The van der Waals surface area contributed by atoms with Gasteiger partial charge in [-0.3, -0.25) is 14.8 Å². The first-order valence-electron chi connectivity index (χ1n) is 5.89. The van der Waals surface area contributed by atoms with Crippen molar-refractivity contribution in [1.29, 1.82) is 0 Å². The molecule has 112 valence electrons. The summed E-state index contributed by atoms with van der Waals surface area (Å²) in [5.41, 5.74) is 0.168. The number of nitrogens with zero attached hydrogens (tertiary/aromatic N) is 1. The molecule has 1 aromatic rings. The third kappa shape index (κ3) is 5.43. The van der Waals surface area contributed by atoms with E-state index in [1.165, 1.54) is 18.2 Å². The summed E-state index contributed by atoms with van der Waals surface area (Å²) in [6, 6.07) is 4.06. The Balaban J connectivity index is 2.75. The maximum atomic E-state index is 11.8. The van der Waals surface area contributed by atoms with E-state index >= 15 is 0 Å². The molecule has 0 aromatic heterocycles. The minimum Gasteiger partial charge on any atom is -0.313 e. The van der Waals surface area contributed by atoms with Crippen molar-refractivity contribution in [2.75, 3.05) is 17.0 Å². The predicted octanol–water partition coefficient (Wildman–Crippen LogP) is 2.10. The summed E-state index contributed by atoms with van der Waals surface area (Å²) in [6.45, 7) is 4.18. The second-order valence-corrected chi connectivity index (χ2v) is 7.15. The Hall–Kier alpha value is -1.19. The molecule has 0 fully saturated rings. The number of sulfonamides is 1. The molecular formula is C11H16BrN3O4S. The van der Waals surface area contributed by atoms with Gasteiger partial charge < -0.3 is 5.32 Å². The van der Waals surface area contributed by atoms with Crippen molar-refractivity contribution in [2.45, 2.75) is 19.9 Å². The molecule has 0 aliphatic rings. The zero-order chi connectivity index (χ0) is 15.3. The van der Waals surface area contributed by atoms with E-state index in [1.807, 2.05) is 13.8 Å². The van der Waals surface area contributed by atoms with Crippen LogP contribution in [0, 0.1) is 10.1 Å². The largest absolute Gasteiger partial charge is 0.313 e. The number of benzene rings is 1. The smallest absolute Gasteiger partial charge is 0.270 e. The highest BCUT2D eigenvalue weighted by Crippen LogP contribution is 2.27. The van der Waals surface area contributed by atoms with Crippen LogP contribution in [0.4, 0.5) is 11.4 Å². The standard InChI is InChI=1S/C11H16BrN3O4S/c1-8(2)13-5-6-20(18,19)14-11-4-3-9(15(16)17)7-10(11)12/h3-4,7-8,13-14H,5-6H2,1-2H3. The Labute approximate surface area is 126 Å². The molecule has 0 atom stereocenters. The second-order valence-electron chi connectivity index (χ2n) is 4.45. The zero-order valence-corrected chi connectivity index (χ0v) is 13.5. The minimum absolute atomic E-state index is 0.0748. The zero-order valence-electron chi connectivity index (χ0n) is 11.1. The summed E-state index contributed by atoms with van der Waals surface area (Å²) < 4.78 is 26.4. The first-order chi connectivity index (χ1) is 9.21. The molecule has 0 bridgehead atoms. The summed E-state index contributed by atoms with van der Waals surface area (Å²) >= 11 is 3.11. The highest BCUT2D eigenvalue weighted by molar-refractivity contribution is 9.10. The first-order valence-corrected chi connectivity index (χ1v) is 8.33. The molecule has 0 spiro atoms. The normalized spacial score (nSPS) is 11.6. The van der Waals surface area contributed by atoms with Gasteiger partial charge in [0.25, 0.3) is 5.69 Å². The average Bonchev–Trinajstić information content (AvgIpc) is 2.30. The van der Waals surface area contributed by atoms with E-state index in [1.54, 1.807) is 0 Å². The van der Waals surface area contributed by atoms with Crippen molar-refractivity contribution in [3.8, 4) is 0 Å². The van der Waals surface area contributed by atoms with Crippen molar-refractivity contribution in [3.63, 3.8) is 0 Å².